The zero-order valence-corrected chi connectivity index (χ0v) is 22.8. The molecule has 1 N–H and O–H groups in total. The molecule has 1 aliphatic rings. The molecule has 1 amide bonds. The predicted octanol–water partition coefficient (Wildman–Crippen LogP) is 4.51. The summed E-state index contributed by atoms with van der Waals surface area (Å²) in [6.45, 7) is -0.424. The number of ether oxygens (including phenoxy) is 4. The van der Waals surface area contributed by atoms with Crippen LogP contribution in [-0.4, -0.2) is 59.2 Å². The Morgan fingerprint density at radius 3 is 1.50 bits per heavy atom. The van der Waals surface area contributed by atoms with Crippen molar-refractivity contribution in [3.63, 3.8) is 0 Å². The van der Waals surface area contributed by atoms with Gasteiger partial charge in [0.05, 0.1) is 23.3 Å². The minimum atomic E-state index is -2.42. The van der Waals surface area contributed by atoms with E-state index in [1.807, 2.05) is 4.84 Å². The van der Waals surface area contributed by atoms with Gasteiger partial charge >= 0.3 is 17.9 Å². The summed E-state index contributed by atoms with van der Waals surface area (Å²) in [4.78, 5) is 53.5. The van der Waals surface area contributed by atoms with Crippen LogP contribution < -0.4 is 4.84 Å². The molecule has 3 aromatic carbocycles. The van der Waals surface area contributed by atoms with Crippen molar-refractivity contribution in [2.24, 2.45) is 0 Å². The van der Waals surface area contributed by atoms with Gasteiger partial charge in [0.1, 0.15) is 6.10 Å². The number of benzene rings is 3. The third-order valence-corrected chi connectivity index (χ3v) is 6.89. The summed E-state index contributed by atoms with van der Waals surface area (Å²) in [5.74, 6) is -3.55. The monoisotopic (exact) mass is 605 g/mol. The fourth-order valence-electron chi connectivity index (χ4n) is 3.96. The van der Waals surface area contributed by atoms with E-state index >= 15 is 0 Å². The van der Waals surface area contributed by atoms with Crippen LogP contribution in [-0.2, 0) is 23.7 Å². The van der Waals surface area contributed by atoms with E-state index in [0.717, 1.165) is 0 Å². The number of alkyl halides is 2. The number of esters is 3. The molecular weight excluding hydrogens is 585 g/mol. The Bertz CT molecular complexity index is 1340. The van der Waals surface area contributed by atoms with Gasteiger partial charge in [-0.3, -0.25) is 9.63 Å². The van der Waals surface area contributed by atoms with Crippen molar-refractivity contribution in [2.75, 3.05) is 6.61 Å². The van der Waals surface area contributed by atoms with E-state index in [9.17, 15) is 19.2 Å². The molecular formula is C28H22Cl3NO8. The molecule has 1 heterocycles. The van der Waals surface area contributed by atoms with Crippen LogP contribution in [0, 0.1) is 0 Å². The van der Waals surface area contributed by atoms with E-state index in [4.69, 9.17) is 53.9 Å². The summed E-state index contributed by atoms with van der Waals surface area (Å²) in [7, 11) is 0. The van der Waals surface area contributed by atoms with Gasteiger partial charge in [0, 0.05) is 11.8 Å². The second kappa shape index (κ2) is 13.1. The normalized spacial score (nSPS) is 20.6. The molecule has 0 radical (unpaired) electrons. The van der Waals surface area contributed by atoms with Crippen molar-refractivity contribution in [3.05, 3.63) is 108 Å². The molecule has 1 aliphatic heterocycles. The van der Waals surface area contributed by atoms with Crippen LogP contribution in [0.2, 0.25) is 0 Å². The summed E-state index contributed by atoms with van der Waals surface area (Å²) in [5, 5.41) is 0. The number of carbonyl (C=O) groups is 4. The number of hydrogen-bond acceptors (Lipinski definition) is 8. The molecule has 0 bridgehead atoms. The van der Waals surface area contributed by atoms with E-state index in [1.54, 1.807) is 54.6 Å². The number of carbonyl (C=O) groups excluding carboxylic acids is 4. The van der Waals surface area contributed by atoms with Crippen LogP contribution in [0.5, 0.6) is 0 Å². The Balaban J connectivity index is 1.73. The molecule has 0 spiro atoms. The van der Waals surface area contributed by atoms with Crippen molar-refractivity contribution in [1.29, 1.82) is 0 Å². The molecule has 12 heteroatoms. The third kappa shape index (κ3) is 6.74. The molecule has 9 nitrogen and oxygen atoms in total. The fourth-order valence-corrected chi connectivity index (χ4v) is 4.67. The topological polar surface area (TPSA) is 117 Å². The summed E-state index contributed by atoms with van der Waals surface area (Å²) in [6, 6.07) is 23.9. The highest BCUT2D eigenvalue weighted by Crippen LogP contribution is 2.38. The van der Waals surface area contributed by atoms with Gasteiger partial charge in [-0.1, -0.05) is 77.8 Å². The van der Waals surface area contributed by atoms with E-state index in [0.29, 0.717) is 0 Å². The summed E-state index contributed by atoms with van der Waals surface area (Å²) in [6.07, 6.45) is -6.05. The summed E-state index contributed by atoms with van der Waals surface area (Å²) < 4.78 is 20.5. The second-order valence-electron chi connectivity index (χ2n) is 8.58. The standard InChI is InChI=1S/C28H22Cl3NO8/c29-28(30,27(36)32-31)23-22(40-26(35)19-14-8-3-9-15-19)21(39-25(34)18-12-6-2-7-13-18)20(16-37-23)38-24(33)17-10-4-1-5-11-17/h1-15,20-23H,16H2,(H,32,36)/t20-,21+,22-,23+/m1/s1. The molecule has 4 rings (SSSR count). The van der Waals surface area contributed by atoms with Crippen molar-refractivity contribution >= 4 is 58.8 Å². The van der Waals surface area contributed by atoms with Crippen molar-refractivity contribution in [2.45, 2.75) is 28.7 Å². The first kappa shape index (κ1) is 29.4. The molecule has 0 aliphatic carbocycles. The van der Waals surface area contributed by atoms with E-state index in [2.05, 4.69) is 0 Å². The lowest BCUT2D eigenvalue weighted by atomic mass is 9.95. The Hall–Kier alpha value is -3.63. The minimum absolute atomic E-state index is 0.134. The van der Waals surface area contributed by atoms with Gasteiger partial charge in [0.25, 0.3) is 5.91 Å². The number of amides is 1. The van der Waals surface area contributed by atoms with Crippen molar-refractivity contribution in [3.8, 4) is 0 Å². The van der Waals surface area contributed by atoms with Crippen molar-refractivity contribution < 1.29 is 38.1 Å². The summed E-state index contributed by atoms with van der Waals surface area (Å²) >= 11 is 18.2. The van der Waals surface area contributed by atoms with Gasteiger partial charge in [-0.25, -0.2) is 14.4 Å². The highest BCUT2D eigenvalue weighted by molar-refractivity contribution is 6.59. The van der Waals surface area contributed by atoms with E-state index in [1.165, 1.54) is 36.4 Å². The van der Waals surface area contributed by atoms with Gasteiger partial charge < -0.3 is 18.9 Å². The Kier molecular flexibility index (Phi) is 9.65. The van der Waals surface area contributed by atoms with E-state index < -0.39 is 59.2 Å². The van der Waals surface area contributed by atoms with Gasteiger partial charge in [-0.15, -0.1) is 0 Å². The summed E-state index contributed by atoms with van der Waals surface area (Å²) in [5.41, 5.74) is 0.504. The maximum absolute atomic E-state index is 13.2. The van der Waals surface area contributed by atoms with Crippen LogP contribution in [0.4, 0.5) is 0 Å². The fraction of sp³-hybridized carbons (Fsp3) is 0.214. The zero-order chi connectivity index (χ0) is 28.7. The Morgan fingerprint density at radius 1 is 0.675 bits per heavy atom. The highest BCUT2D eigenvalue weighted by atomic mass is 35.5. The molecule has 1 saturated heterocycles. The quantitative estimate of drug-likeness (QED) is 0.172. The van der Waals surface area contributed by atoms with Crippen LogP contribution in [0.15, 0.2) is 91.0 Å². The van der Waals surface area contributed by atoms with Crippen LogP contribution in [0.3, 0.4) is 0 Å². The lowest BCUT2D eigenvalue weighted by Crippen LogP contribution is -2.64. The lowest BCUT2D eigenvalue weighted by molar-refractivity contribution is -0.193. The average molecular weight is 607 g/mol. The Morgan fingerprint density at radius 2 is 1.07 bits per heavy atom. The molecule has 40 heavy (non-hydrogen) atoms. The number of nitrogens with one attached hydrogen (secondary N) is 1. The minimum Gasteiger partial charge on any atom is -0.452 e. The number of rotatable bonds is 8. The maximum Gasteiger partial charge on any atom is 0.338 e. The lowest BCUT2D eigenvalue weighted by Gasteiger charge is -2.43. The first-order chi connectivity index (χ1) is 19.2. The molecule has 0 aromatic heterocycles. The molecule has 3 aromatic rings. The third-order valence-electron chi connectivity index (χ3n) is 5.95. The smallest absolute Gasteiger partial charge is 0.338 e. The number of halogens is 3. The Labute approximate surface area is 244 Å². The van der Waals surface area contributed by atoms with Crippen LogP contribution in [0.1, 0.15) is 31.1 Å². The average Bonchev–Trinajstić information content (AvgIpc) is 2.99. The maximum atomic E-state index is 13.2. The first-order valence-corrected chi connectivity index (χ1v) is 13.0. The van der Waals surface area contributed by atoms with Crippen molar-refractivity contribution in [1.82, 2.24) is 4.84 Å². The predicted molar refractivity (Wildman–Crippen MR) is 145 cm³/mol. The number of hydrogen-bond donors (Lipinski definition) is 1. The second-order valence-corrected chi connectivity index (χ2v) is 10.2. The SMILES string of the molecule is O=C(O[C@@H]1[C@@H](OC(=O)c2ccccc2)[C@@H](C(Cl)(Cl)C(=O)NCl)OC[C@H]1OC(=O)c1ccccc1)c1ccccc1. The molecule has 0 unspecified atom stereocenters. The molecule has 208 valence electrons. The molecule has 1 fully saturated rings. The zero-order valence-electron chi connectivity index (χ0n) is 20.6. The molecule has 0 saturated carbocycles. The molecule has 4 atom stereocenters. The largest absolute Gasteiger partial charge is 0.452 e. The van der Waals surface area contributed by atoms with Gasteiger partial charge in [0.2, 0.25) is 4.33 Å². The van der Waals surface area contributed by atoms with Gasteiger partial charge in [-0.05, 0) is 36.4 Å². The van der Waals surface area contributed by atoms with Crippen LogP contribution in [0.25, 0.3) is 0 Å². The van der Waals surface area contributed by atoms with Gasteiger partial charge in [-0.2, -0.15) is 0 Å². The van der Waals surface area contributed by atoms with E-state index in [-0.39, 0.29) is 16.7 Å². The van der Waals surface area contributed by atoms with Crippen LogP contribution >= 0.6 is 35.0 Å². The van der Waals surface area contributed by atoms with Gasteiger partial charge in [0.15, 0.2) is 18.3 Å². The first-order valence-electron chi connectivity index (χ1n) is 11.9. The highest BCUT2D eigenvalue weighted by Gasteiger charge is 2.57.